The van der Waals surface area contributed by atoms with E-state index in [1.54, 1.807) is 10.9 Å². The van der Waals surface area contributed by atoms with Crippen molar-refractivity contribution in [3.8, 4) is 0 Å². The lowest BCUT2D eigenvalue weighted by Gasteiger charge is -2.30. The molecule has 1 heterocycles. The number of hydrazine groups is 1. The van der Waals surface area contributed by atoms with E-state index in [9.17, 15) is 0 Å². The second kappa shape index (κ2) is 3.88. The molecule has 0 bridgehead atoms. The van der Waals surface area contributed by atoms with Crippen molar-refractivity contribution in [3.05, 3.63) is 16.9 Å². The number of nitrogens with two attached hydrogens (primary N) is 1. The molecule has 5 heteroatoms. The summed E-state index contributed by atoms with van der Waals surface area (Å²) in [6, 6.07) is -0.0116. The molecule has 0 aromatic carbocycles. The first kappa shape index (κ1) is 11.5. The van der Waals surface area contributed by atoms with E-state index in [1.807, 2.05) is 7.05 Å². The first-order chi connectivity index (χ1) is 6.38. The molecule has 0 amide bonds. The molecular weight excluding hydrogens is 200 g/mol. The van der Waals surface area contributed by atoms with Gasteiger partial charge in [0.1, 0.15) is 0 Å². The van der Waals surface area contributed by atoms with Crippen molar-refractivity contribution in [2.45, 2.75) is 26.8 Å². The van der Waals surface area contributed by atoms with Crippen LogP contribution in [0.25, 0.3) is 0 Å². The standard InChI is InChI=1S/C9H17ClN4/c1-9(2,3)8(13-11)7-6(10)5-12-14(7)4/h5,8,13H,11H2,1-4H3. The molecule has 3 N–H and O–H groups in total. The average Bonchev–Trinajstić information content (AvgIpc) is 2.34. The number of aryl methyl sites for hydroxylation is 1. The molecule has 14 heavy (non-hydrogen) atoms. The molecule has 0 aliphatic heterocycles. The fourth-order valence-corrected chi connectivity index (χ4v) is 1.76. The van der Waals surface area contributed by atoms with E-state index in [-0.39, 0.29) is 11.5 Å². The predicted octanol–water partition coefficient (Wildman–Crippen LogP) is 1.62. The van der Waals surface area contributed by atoms with E-state index < -0.39 is 0 Å². The molecule has 1 rings (SSSR count). The fraction of sp³-hybridized carbons (Fsp3) is 0.667. The van der Waals surface area contributed by atoms with Crippen LogP contribution in [-0.4, -0.2) is 9.78 Å². The lowest BCUT2D eigenvalue weighted by Crippen LogP contribution is -2.38. The van der Waals surface area contributed by atoms with E-state index >= 15 is 0 Å². The zero-order valence-corrected chi connectivity index (χ0v) is 9.76. The summed E-state index contributed by atoms with van der Waals surface area (Å²) in [6.07, 6.45) is 1.63. The van der Waals surface area contributed by atoms with Crippen molar-refractivity contribution in [2.24, 2.45) is 18.3 Å². The SMILES string of the molecule is Cn1ncc(Cl)c1C(NN)C(C)(C)C. The lowest BCUT2D eigenvalue weighted by molar-refractivity contribution is 0.264. The molecule has 1 aromatic rings. The van der Waals surface area contributed by atoms with Crippen LogP contribution < -0.4 is 11.3 Å². The summed E-state index contributed by atoms with van der Waals surface area (Å²) in [5.41, 5.74) is 3.69. The van der Waals surface area contributed by atoms with Crippen molar-refractivity contribution in [1.29, 1.82) is 0 Å². The molecule has 1 unspecified atom stereocenters. The average molecular weight is 217 g/mol. The van der Waals surface area contributed by atoms with Crippen LogP contribution in [0.3, 0.4) is 0 Å². The number of nitrogens with zero attached hydrogens (tertiary/aromatic N) is 2. The molecular formula is C9H17ClN4. The number of halogens is 1. The molecule has 0 radical (unpaired) electrons. The minimum atomic E-state index is -0.0116. The van der Waals surface area contributed by atoms with E-state index in [2.05, 4.69) is 31.3 Å². The van der Waals surface area contributed by atoms with Gasteiger partial charge in [-0.1, -0.05) is 32.4 Å². The highest BCUT2D eigenvalue weighted by Crippen LogP contribution is 2.35. The van der Waals surface area contributed by atoms with E-state index in [0.717, 1.165) is 5.69 Å². The molecule has 1 aromatic heterocycles. The largest absolute Gasteiger partial charge is 0.271 e. The van der Waals surface area contributed by atoms with Gasteiger partial charge in [0, 0.05) is 7.05 Å². The second-order valence-corrected chi connectivity index (χ2v) is 4.87. The third-order valence-electron chi connectivity index (χ3n) is 2.24. The fourth-order valence-electron chi connectivity index (χ4n) is 1.48. The summed E-state index contributed by atoms with van der Waals surface area (Å²) in [7, 11) is 1.86. The molecule has 0 aliphatic rings. The zero-order valence-electron chi connectivity index (χ0n) is 9.00. The van der Waals surface area contributed by atoms with Gasteiger partial charge in [-0.3, -0.25) is 16.0 Å². The van der Waals surface area contributed by atoms with Crippen LogP contribution in [0.15, 0.2) is 6.20 Å². The van der Waals surface area contributed by atoms with Crippen molar-refractivity contribution in [3.63, 3.8) is 0 Å². The lowest BCUT2D eigenvalue weighted by atomic mass is 9.85. The third-order valence-corrected chi connectivity index (χ3v) is 2.53. The Morgan fingerprint density at radius 2 is 2.14 bits per heavy atom. The first-order valence-corrected chi connectivity index (χ1v) is 4.89. The minimum absolute atomic E-state index is 0.00775. The van der Waals surface area contributed by atoms with Gasteiger partial charge >= 0.3 is 0 Å². The number of nitrogens with one attached hydrogen (secondary N) is 1. The molecule has 1 atom stereocenters. The summed E-state index contributed by atoms with van der Waals surface area (Å²) in [6.45, 7) is 6.29. The van der Waals surface area contributed by atoms with Gasteiger partial charge in [0.15, 0.2) is 0 Å². The van der Waals surface area contributed by atoms with Gasteiger partial charge in [0.25, 0.3) is 0 Å². The molecule has 0 saturated carbocycles. The van der Waals surface area contributed by atoms with Crippen molar-refractivity contribution in [2.75, 3.05) is 0 Å². The van der Waals surface area contributed by atoms with Crippen molar-refractivity contribution in [1.82, 2.24) is 15.2 Å². The maximum absolute atomic E-state index is 6.05. The Balaban J connectivity index is 3.13. The monoisotopic (exact) mass is 216 g/mol. The first-order valence-electron chi connectivity index (χ1n) is 4.51. The topological polar surface area (TPSA) is 55.9 Å². The highest BCUT2D eigenvalue weighted by molar-refractivity contribution is 6.31. The zero-order chi connectivity index (χ0) is 10.9. The Kier molecular flexibility index (Phi) is 3.19. The summed E-state index contributed by atoms with van der Waals surface area (Å²) in [5.74, 6) is 5.54. The predicted molar refractivity (Wildman–Crippen MR) is 57.7 cm³/mol. The van der Waals surface area contributed by atoms with Crippen molar-refractivity contribution >= 4 is 11.6 Å². The highest BCUT2D eigenvalue weighted by Gasteiger charge is 2.29. The van der Waals surface area contributed by atoms with E-state index in [1.165, 1.54) is 0 Å². The number of rotatable bonds is 2. The van der Waals surface area contributed by atoms with Gasteiger partial charge in [-0.15, -0.1) is 0 Å². The van der Waals surface area contributed by atoms with Crippen LogP contribution >= 0.6 is 11.6 Å². The van der Waals surface area contributed by atoms with Crippen LogP contribution in [0.1, 0.15) is 32.5 Å². The van der Waals surface area contributed by atoms with Gasteiger partial charge in [-0.25, -0.2) is 0 Å². The van der Waals surface area contributed by atoms with Gasteiger partial charge in [-0.2, -0.15) is 5.10 Å². The number of hydrogen-bond donors (Lipinski definition) is 2. The summed E-state index contributed by atoms with van der Waals surface area (Å²) in [5, 5.41) is 4.73. The second-order valence-electron chi connectivity index (χ2n) is 4.47. The minimum Gasteiger partial charge on any atom is -0.271 e. The summed E-state index contributed by atoms with van der Waals surface area (Å²) >= 11 is 6.05. The Hall–Kier alpha value is -0.580. The van der Waals surface area contributed by atoms with Gasteiger partial charge < -0.3 is 0 Å². The summed E-state index contributed by atoms with van der Waals surface area (Å²) in [4.78, 5) is 0. The Bertz CT molecular complexity index is 294. The molecule has 80 valence electrons. The quantitative estimate of drug-likeness (QED) is 0.584. The highest BCUT2D eigenvalue weighted by atomic mass is 35.5. The molecule has 0 aliphatic carbocycles. The van der Waals surface area contributed by atoms with E-state index in [4.69, 9.17) is 17.4 Å². The van der Waals surface area contributed by atoms with Crippen LogP contribution in [-0.2, 0) is 7.05 Å². The third kappa shape index (κ3) is 2.08. The smallest absolute Gasteiger partial charge is 0.0834 e. The normalized spacial score (nSPS) is 14.4. The Labute approximate surface area is 89.4 Å². The molecule has 0 saturated heterocycles. The maximum Gasteiger partial charge on any atom is 0.0834 e. The van der Waals surface area contributed by atoms with Crippen LogP contribution in [0.2, 0.25) is 5.02 Å². The summed E-state index contributed by atoms with van der Waals surface area (Å²) < 4.78 is 1.75. The van der Waals surface area contributed by atoms with E-state index in [0.29, 0.717) is 5.02 Å². The molecule has 0 fully saturated rings. The van der Waals surface area contributed by atoms with Crippen LogP contribution in [0.5, 0.6) is 0 Å². The van der Waals surface area contributed by atoms with Crippen LogP contribution in [0.4, 0.5) is 0 Å². The van der Waals surface area contributed by atoms with Crippen molar-refractivity contribution < 1.29 is 0 Å². The van der Waals surface area contributed by atoms with Gasteiger partial charge in [0.05, 0.1) is 23.0 Å². The number of aromatic nitrogens is 2. The van der Waals surface area contributed by atoms with Gasteiger partial charge in [-0.05, 0) is 5.41 Å². The maximum atomic E-state index is 6.05. The Morgan fingerprint density at radius 3 is 2.43 bits per heavy atom. The van der Waals surface area contributed by atoms with Crippen LogP contribution in [0, 0.1) is 5.41 Å². The van der Waals surface area contributed by atoms with Gasteiger partial charge in [0.2, 0.25) is 0 Å². The Morgan fingerprint density at radius 1 is 1.57 bits per heavy atom. The number of hydrogen-bond acceptors (Lipinski definition) is 3. The molecule has 0 spiro atoms. The molecule has 4 nitrogen and oxygen atoms in total.